The van der Waals surface area contributed by atoms with E-state index in [0.29, 0.717) is 12.1 Å². The van der Waals surface area contributed by atoms with Crippen molar-refractivity contribution in [1.29, 1.82) is 0 Å². The molecule has 2 N–H and O–H groups in total. The van der Waals surface area contributed by atoms with Crippen molar-refractivity contribution in [3.63, 3.8) is 0 Å². The molecule has 0 radical (unpaired) electrons. The van der Waals surface area contributed by atoms with Crippen molar-refractivity contribution in [3.8, 4) is 0 Å². The number of benzene rings is 1. The minimum Gasteiger partial charge on any atom is -0.481 e. The Bertz CT molecular complexity index is 537. The molecule has 0 aliphatic rings. The van der Waals surface area contributed by atoms with Crippen LogP contribution in [0.25, 0.3) is 0 Å². The number of halogens is 3. The number of hydrogen-bond donors (Lipinski definition) is 2. The van der Waals surface area contributed by atoms with Crippen molar-refractivity contribution in [2.24, 2.45) is 5.92 Å². The maximum Gasteiger partial charge on any atom is 0.321 e. The summed E-state index contributed by atoms with van der Waals surface area (Å²) in [7, 11) is 1.30. The number of carbonyl (C=O) groups is 2. The second kappa shape index (κ2) is 6.27. The molecule has 1 unspecified atom stereocenters. The second-order valence-electron chi connectivity index (χ2n) is 4.30. The number of rotatable bonds is 4. The van der Waals surface area contributed by atoms with E-state index >= 15 is 0 Å². The third-order valence-corrected chi connectivity index (χ3v) is 2.57. The fourth-order valence-corrected chi connectivity index (χ4v) is 1.40. The van der Waals surface area contributed by atoms with Crippen molar-refractivity contribution < 1.29 is 27.9 Å². The highest BCUT2D eigenvalue weighted by atomic mass is 19.2. The summed E-state index contributed by atoms with van der Waals surface area (Å²) in [5, 5.41) is 10.7. The Labute approximate surface area is 113 Å². The van der Waals surface area contributed by atoms with Gasteiger partial charge in [0.05, 0.1) is 11.6 Å². The predicted molar refractivity (Wildman–Crippen MR) is 64.8 cm³/mol. The van der Waals surface area contributed by atoms with Gasteiger partial charge in [0.2, 0.25) is 0 Å². The van der Waals surface area contributed by atoms with Gasteiger partial charge in [-0.3, -0.25) is 4.79 Å². The highest BCUT2D eigenvalue weighted by molar-refractivity contribution is 5.89. The molecule has 0 aliphatic heterocycles. The average Bonchev–Trinajstić information content (AvgIpc) is 2.35. The van der Waals surface area contributed by atoms with E-state index in [2.05, 4.69) is 0 Å². The molecule has 8 heteroatoms. The van der Waals surface area contributed by atoms with Gasteiger partial charge in [-0.2, -0.15) is 0 Å². The molecule has 0 saturated carbocycles. The van der Waals surface area contributed by atoms with Gasteiger partial charge >= 0.3 is 12.0 Å². The molecule has 0 heterocycles. The lowest BCUT2D eigenvalue weighted by Gasteiger charge is -2.20. The average molecular weight is 290 g/mol. The van der Waals surface area contributed by atoms with E-state index in [1.54, 1.807) is 0 Å². The summed E-state index contributed by atoms with van der Waals surface area (Å²) in [6.07, 6.45) is 0. The molecule has 1 rings (SSSR count). The number of urea groups is 1. The second-order valence-corrected chi connectivity index (χ2v) is 4.30. The van der Waals surface area contributed by atoms with Gasteiger partial charge in [-0.1, -0.05) is 6.92 Å². The van der Waals surface area contributed by atoms with Gasteiger partial charge in [0.25, 0.3) is 0 Å². The number of anilines is 1. The van der Waals surface area contributed by atoms with Gasteiger partial charge in [-0.25, -0.2) is 18.0 Å². The predicted octanol–water partition coefficient (Wildman–Crippen LogP) is 2.29. The molecule has 0 bridgehead atoms. The quantitative estimate of drug-likeness (QED) is 0.836. The molecular weight excluding hydrogens is 277 g/mol. The molecule has 5 nitrogen and oxygen atoms in total. The SMILES string of the molecule is CC(CN(C)C(=O)Nc1cc(F)c(F)cc1F)C(=O)O. The van der Waals surface area contributed by atoms with Crippen molar-refractivity contribution in [2.75, 3.05) is 18.9 Å². The van der Waals surface area contributed by atoms with Crippen LogP contribution in [0.4, 0.5) is 23.7 Å². The number of carboxylic acid groups (broad SMARTS) is 1. The summed E-state index contributed by atoms with van der Waals surface area (Å²) in [6, 6.07) is -0.00927. The van der Waals surface area contributed by atoms with E-state index in [1.165, 1.54) is 14.0 Å². The van der Waals surface area contributed by atoms with E-state index in [9.17, 15) is 22.8 Å². The molecule has 1 aromatic carbocycles. The highest BCUT2D eigenvalue weighted by Gasteiger charge is 2.19. The minimum atomic E-state index is -1.37. The van der Waals surface area contributed by atoms with Gasteiger partial charge in [0, 0.05) is 25.7 Å². The van der Waals surface area contributed by atoms with Crippen molar-refractivity contribution in [1.82, 2.24) is 4.90 Å². The zero-order chi connectivity index (χ0) is 15.4. The third-order valence-electron chi connectivity index (χ3n) is 2.57. The van der Waals surface area contributed by atoms with E-state index in [-0.39, 0.29) is 6.54 Å². The first-order valence-corrected chi connectivity index (χ1v) is 5.61. The Morgan fingerprint density at radius 2 is 1.80 bits per heavy atom. The molecule has 1 aromatic rings. The smallest absolute Gasteiger partial charge is 0.321 e. The van der Waals surface area contributed by atoms with Gasteiger partial charge in [0.1, 0.15) is 5.82 Å². The Hall–Kier alpha value is -2.25. The first-order valence-electron chi connectivity index (χ1n) is 5.61. The summed E-state index contributed by atoms with van der Waals surface area (Å²) in [5.41, 5.74) is -0.524. The summed E-state index contributed by atoms with van der Waals surface area (Å²) in [5.74, 6) is -5.71. The van der Waals surface area contributed by atoms with Crippen molar-refractivity contribution in [2.45, 2.75) is 6.92 Å². The van der Waals surface area contributed by atoms with Crippen LogP contribution in [0.5, 0.6) is 0 Å². The molecular formula is C12H13F3N2O3. The van der Waals surface area contributed by atoms with Gasteiger partial charge in [-0.15, -0.1) is 0 Å². The zero-order valence-corrected chi connectivity index (χ0v) is 10.8. The van der Waals surface area contributed by atoms with E-state index in [4.69, 9.17) is 5.11 Å². The normalized spacial score (nSPS) is 11.8. The van der Waals surface area contributed by atoms with Crippen LogP contribution in [-0.4, -0.2) is 35.6 Å². The lowest BCUT2D eigenvalue weighted by molar-refractivity contribution is -0.141. The van der Waals surface area contributed by atoms with Crippen LogP contribution in [0.2, 0.25) is 0 Å². The number of aliphatic carboxylic acids is 1. The van der Waals surface area contributed by atoms with Crippen molar-refractivity contribution >= 4 is 17.7 Å². The van der Waals surface area contributed by atoms with Crippen LogP contribution in [0.15, 0.2) is 12.1 Å². The lowest BCUT2D eigenvalue weighted by Crippen LogP contribution is -2.36. The van der Waals surface area contributed by atoms with Gasteiger partial charge in [0.15, 0.2) is 11.6 Å². The molecule has 0 aromatic heterocycles. The van der Waals surface area contributed by atoms with Gasteiger partial charge in [-0.05, 0) is 0 Å². The number of carboxylic acids is 1. The van der Waals surface area contributed by atoms with Crippen LogP contribution in [0, 0.1) is 23.4 Å². The third kappa shape index (κ3) is 3.87. The fourth-order valence-electron chi connectivity index (χ4n) is 1.40. The maximum absolute atomic E-state index is 13.3. The zero-order valence-electron chi connectivity index (χ0n) is 10.8. The summed E-state index contributed by atoms with van der Waals surface area (Å²) < 4.78 is 39.0. The number of hydrogen-bond acceptors (Lipinski definition) is 2. The number of amides is 2. The van der Waals surface area contributed by atoms with E-state index in [0.717, 1.165) is 4.90 Å². The fraction of sp³-hybridized carbons (Fsp3) is 0.333. The Balaban J connectivity index is 2.76. The standard InChI is InChI=1S/C12H13F3N2O3/c1-6(11(18)19)5-17(2)12(20)16-10-4-8(14)7(13)3-9(10)15/h3-4,6H,5H2,1-2H3,(H,16,20)(H,18,19). The van der Waals surface area contributed by atoms with Crippen LogP contribution in [0.1, 0.15) is 6.92 Å². The minimum absolute atomic E-state index is 0.119. The molecule has 20 heavy (non-hydrogen) atoms. The van der Waals surface area contributed by atoms with E-state index in [1.807, 2.05) is 5.32 Å². The monoisotopic (exact) mass is 290 g/mol. The largest absolute Gasteiger partial charge is 0.481 e. The van der Waals surface area contributed by atoms with E-state index < -0.39 is 41.1 Å². The molecule has 0 saturated heterocycles. The number of carbonyl (C=O) groups excluding carboxylic acids is 1. The lowest BCUT2D eigenvalue weighted by atomic mass is 10.2. The highest BCUT2D eigenvalue weighted by Crippen LogP contribution is 2.18. The first-order chi connectivity index (χ1) is 9.22. The number of nitrogens with zero attached hydrogens (tertiary/aromatic N) is 1. The Kier molecular flexibility index (Phi) is 4.95. The Morgan fingerprint density at radius 3 is 2.35 bits per heavy atom. The number of nitrogens with one attached hydrogen (secondary N) is 1. The summed E-state index contributed by atoms with van der Waals surface area (Å²) in [6.45, 7) is 1.27. The van der Waals surface area contributed by atoms with Crippen LogP contribution in [0.3, 0.4) is 0 Å². The topological polar surface area (TPSA) is 69.6 Å². The Morgan fingerprint density at radius 1 is 1.25 bits per heavy atom. The molecule has 1 atom stereocenters. The molecule has 110 valence electrons. The summed E-state index contributed by atoms with van der Waals surface area (Å²) >= 11 is 0. The van der Waals surface area contributed by atoms with Crippen LogP contribution < -0.4 is 5.32 Å². The molecule has 0 spiro atoms. The maximum atomic E-state index is 13.3. The van der Waals surface area contributed by atoms with Crippen LogP contribution in [-0.2, 0) is 4.79 Å². The van der Waals surface area contributed by atoms with Gasteiger partial charge < -0.3 is 15.3 Å². The molecule has 2 amide bonds. The molecule has 0 aliphatic carbocycles. The first kappa shape index (κ1) is 15.8. The molecule has 0 fully saturated rings. The summed E-state index contributed by atoms with van der Waals surface area (Å²) in [4.78, 5) is 23.3. The van der Waals surface area contributed by atoms with Crippen LogP contribution >= 0.6 is 0 Å². The van der Waals surface area contributed by atoms with Crippen molar-refractivity contribution in [3.05, 3.63) is 29.6 Å².